The van der Waals surface area contributed by atoms with Crippen molar-refractivity contribution in [3.63, 3.8) is 0 Å². The van der Waals surface area contributed by atoms with Crippen molar-refractivity contribution in [1.29, 1.82) is 0 Å². The lowest BCUT2D eigenvalue weighted by Crippen LogP contribution is -2.20. The van der Waals surface area contributed by atoms with Gasteiger partial charge in [-0.3, -0.25) is 4.79 Å². The molecule has 1 aliphatic rings. The van der Waals surface area contributed by atoms with Gasteiger partial charge in [0, 0.05) is 12.2 Å². The molecule has 0 unspecified atom stereocenters. The number of carbonyl (C=O) groups excluding carboxylic acids is 1. The maximum Gasteiger partial charge on any atom is 0.262 e. The van der Waals surface area contributed by atoms with E-state index < -0.39 is 0 Å². The van der Waals surface area contributed by atoms with E-state index in [1.165, 1.54) is 12.8 Å². The van der Waals surface area contributed by atoms with Crippen molar-refractivity contribution in [2.24, 2.45) is 5.92 Å². The number of amides is 1. The molecule has 138 valence electrons. The van der Waals surface area contributed by atoms with Gasteiger partial charge in [-0.25, -0.2) is 0 Å². The molecule has 1 aliphatic carbocycles. The second-order valence-electron chi connectivity index (χ2n) is 6.49. The van der Waals surface area contributed by atoms with Crippen molar-refractivity contribution < 1.29 is 14.3 Å². The van der Waals surface area contributed by atoms with E-state index in [1.54, 1.807) is 0 Å². The zero-order chi connectivity index (χ0) is 18.2. The molecular weight excluding hydrogens is 328 g/mol. The predicted molar refractivity (Wildman–Crippen MR) is 103 cm³/mol. The van der Waals surface area contributed by atoms with Gasteiger partial charge in [0.2, 0.25) is 0 Å². The monoisotopic (exact) mass is 354 g/mol. The van der Waals surface area contributed by atoms with E-state index in [2.05, 4.69) is 10.6 Å². The number of anilines is 1. The van der Waals surface area contributed by atoms with Crippen LogP contribution in [-0.4, -0.2) is 25.7 Å². The second-order valence-corrected chi connectivity index (χ2v) is 6.49. The first-order chi connectivity index (χ1) is 12.7. The molecule has 0 bridgehead atoms. The topological polar surface area (TPSA) is 59.6 Å². The minimum atomic E-state index is -0.200. The average Bonchev–Trinajstić information content (AvgIpc) is 3.46. The zero-order valence-electron chi connectivity index (χ0n) is 15.2. The highest BCUT2D eigenvalue weighted by molar-refractivity contribution is 5.91. The summed E-state index contributed by atoms with van der Waals surface area (Å²) in [5.74, 6) is 1.91. The van der Waals surface area contributed by atoms with E-state index in [1.807, 2.05) is 55.5 Å². The molecule has 1 amide bonds. The number of rotatable bonds is 10. The maximum absolute atomic E-state index is 12.0. The third kappa shape index (κ3) is 5.77. The second kappa shape index (κ2) is 9.25. The van der Waals surface area contributed by atoms with Gasteiger partial charge in [-0.15, -0.1) is 0 Å². The molecule has 5 heteroatoms. The largest absolute Gasteiger partial charge is 0.490 e. The van der Waals surface area contributed by atoms with Gasteiger partial charge in [0.15, 0.2) is 18.1 Å². The Labute approximate surface area is 154 Å². The van der Waals surface area contributed by atoms with Gasteiger partial charge in [-0.1, -0.05) is 24.3 Å². The van der Waals surface area contributed by atoms with Gasteiger partial charge in [-0.05, 0) is 62.1 Å². The third-order valence-electron chi connectivity index (χ3n) is 4.18. The Balaban J connectivity index is 1.54. The first-order valence-corrected chi connectivity index (χ1v) is 9.18. The summed E-state index contributed by atoms with van der Waals surface area (Å²) in [5, 5.41) is 6.27. The van der Waals surface area contributed by atoms with Crippen LogP contribution in [0.2, 0.25) is 0 Å². The lowest BCUT2D eigenvalue weighted by atomic mass is 10.2. The van der Waals surface area contributed by atoms with Gasteiger partial charge in [0.05, 0.1) is 6.61 Å². The number of para-hydroxylation sites is 1. The van der Waals surface area contributed by atoms with Crippen molar-refractivity contribution in [2.45, 2.75) is 26.3 Å². The van der Waals surface area contributed by atoms with Gasteiger partial charge in [0.25, 0.3) is 5.91 Å². The van der Waals surface area contributed by atoms with Gasteiger partial charge in [0.1, 0.15) is 0 Å². The first kappa shape index (κ1) is 18.3. The fraction of sp³-hybridized carbons (Fsp3) is 0.381. The molecule has 26 heavy (non-hydrogen) atoms. The Morgan fingerprint density at radius 1 is 1.08 bits per heavy atom. The maximum atomic E-state index is 12.0. The number of nitrogens with one attached hydrogen (secondary N) is 2. The molecule has 0 heterocycles. The summed E-state index contributed by atoms with van der Waals surface area (Å²) in [7, 11) is 0. The summed E-state index contributed by atoms with van der Waals surface area (Å²) < 4.78 is 11.4. The molecule has 3 rings (SSSR count). The van der Waals surface area contributed by atoms with Crippen LogP contribution < -0.4 is 20.1 Å². The Bertz CT molecular complexity index is 714. The van der Waals surface area contributed by atoms with E-state index in [-0.39, 0.29) is 12.5 Å². The standard InChI is InChI=1S/C21H26N2O3/c1-2-25-20-12-17(14-22-13-16-8-9-16)10-11-19(20)26-15-21(24)23-18-6-4-3-5-7-18/h3-7,10-12,16,22H,2,8-9,13-15H2,1H3,(H,23,24). The summed E-state index contributed by atoms with van der Waals surface area (Å²) in [6, 6.07) is 15.2. The SMILES string of the molecule is CCOc1cc(CNCC2CC2)ccc1OCC(=O)Nc1ccccc1. The highest BCUT2D eigenvalue weighted by Gasteiger charge is 2.20. The summed E-state index contributed by atoms with van der Waals surface area (Å²) in [5.41, 5.74) is 1.90. The average molecular weight is 354 g/mol. The van der Waals surface area contributed by atoms with Crippen LogP contribution in [0.15, 0.2) is 48.5 Å². The van der Waals surface area contributed by atoms with Gasteiger partial charge >= 0.3 is 0 Å². The van der Waals surface area contributed by atoms with E-state index in [0.29, 0.717) is 18.1 Å². The van der Waals surface area contributed by atoms with E-state index in [9.17, 15) is 4.79 Å². The molecular formula is C21H26N2O3. The van der Waals surface area contributed by atoms with Crippen LogP contribution in [0, 0.1) is 5.92 Å². The van der Waals surface area contributed by atoms with Crippen LogP contribution in [-0.2, 0) is 11.3 Å². The lowest BCUT2D eigenvalue weighted by molar-refractivity contribution is -0.118. The molecule has 5 nitrogen and oxygen atoms in total. The van der Waals surface area contributed by atoms with E-state index in [4.69, 9.17) is 9.47 Å². The molecule has 0 atom stereocenters. The number of ether oxygens (including phenoxy) is 2. The van der Waals surface area contributed by atoms with E-state index >= 15 is 0 Å². The Kier molecular flexibility index (Phi) is 6.50. The van der Waals surface area contributed by atoms with Crippen LogP contribution in [0.25, 0.3) is 0 Å². The van der Waals surface area contributed by atoms with E-state index in [0.717, 1.165) is 30.3 Å². The van der Waals surface area contributed by atoms with Crippen LogP contribution in [0.4, 0.5) is 5.69 Å². The van der Waals surface area contributed by atoms with Crippen LogP contribution in [0.1, 0.15) is 25.3 Å². The predicted octanol–water partition coefficient (Wildman–Crippen LogP) is 3.60. The third-order valence-corrected chi connectivity index (χ3v) is 4.18. The van der Waals surface area contributed by atoms with Crippen LogP contribution >= 0.6 is 0 Å². The lowest BCUT2D eigenvalue weighted by Gasteiger charge is -2.14. The Morgan fingerprint density at radius 3 is 2.62 bits per heavy atom. The molecule has 1 fully saturated rings. The summed E-state index contributed by atoms with van der Waals surface area (Å²) in [4.78, 5) is 12.0. The Morgan fingerprint density at radius 2 is 1.88 bits per heavy atom. The fourth-order valence-corrected chi connectivity index (χ4v) is 2.65. The molecule has 0 saturated heterocycles. The normalized spacial score (nSPS) is 13.3. The molecule has 0 spiro atoms. The molecule has 0 aliphatic heterocycles. The first-order valence-electron chi connectivity index (χ1n) is 9.18. The smallest absolute Gasteiger partial charge is 0.262 e. The molecule has 2 aromatic carbocycles. The number of hydrogen-bond acceptors (Lipinski definition) is 4. The van der Waals surface area contributed by atoms with Crippen molar-refractivity contribution >= 4 is 11.6 Å². The van der Waals surface area contributed by atoms with Crippen LogP contribution in [0.3, 0.4) is 0 Å². The quantitative estimate of drug-likeness (QED) is 0.684. The highest BCUT2D eigenvalue weighted by Crippen LogP contribution is 2.29. The summed E-state index contributed by atoms with van der Waals surface area (Å²) >= 11 is 0. The summed E-state index contributed by atoms with van der Waals surface area (Å²) in [6.45, 7) is 4.30. The molecule has 1 saturated carbocycles. The van der Waals surface area contributed by atoms with Gasteiger partial charge in [-0.2, -0.15) is 0 Å². The zero-order valence-corrected chi connectivity index (χ0v) is 15.2. The minimum absolute atomic E-state index is 0.0613. The fourth-order valence-electron chi connectivity index (χ4n) is 2.65. The number of hydrogen-bond donors (Lipinski definition) is 2. The molecule has 2 N–H and O–H groups in total. The van der Waals surface area contributed by atoms with Crippen molar-refractivity contribution in [2.75, 3.05) is 25.1 Å². The van der Waals surface area contributed by atoms with Crippen molar-refractivity contribution in [3.8, 4) is 11.5 Å². The minimum Gasteiger partial charge on any atom is -0.490 e. The number of carbonyl (C=O) groups is 1. The number of benzene rings is 2. The van der Waals surface area contributed by atoms with Gasteiger partial charge < -0.3 is 20.1 Å². The molecule has 2 aromatic rings. The molecule has 0 aromatic heterocycles. The van der Waals surface area contributed by atoms with Crippen molar-refractivity contribution in [3.05, 3.63) is 54.1 Å². The summed E-state index contributed by atoms with van der Waals surface area (Å²) in [6.07, 6.45) is 2.68. The van der Waals surface area contributed by atoms with Crippen molar-refractivity contribution in [1.82, 2.24) is 5.32 Å². The highest BCUT2D eigenvalue weighted by atomic mass is 16.5. The molecule has 0 radical (unpaired) electrons. The Hall–Kier alpha value is -2.53. The van der Waals surface area contributed by atoms with Crippen LogP contribution in [0.5, 0.6) is 11.5 Å².